The number of halogens is 2. The molecule has 0 fully saturated rings. The van der Waals surface area contributed by atoms with E-state index in [1.807, 2.05) is 0 Å². The van der Waals surface area contributed by atoms with E-state index in [1.54, 1.807) is 0 Å². The van der Waals surface area contributed by atoms with Gasteiger partial charge in [0.15, 0.2) is 0 Å². The molecule has 0 bridgehead atoms. The van der Waals surface area contributed by atoms with E-state index in [9.17, 15) is 14.0 Å². The molecule has 0 aliphatic rings. The van der Waals surface area contributed by atoms with Crippen LogP contribution in [0.5, 0.6) is 0 Å². The smallest absolute Gasteiger partial charge is 0.326 e. The highest BCUT2D eigenvalue weighted by Crippen LogP contribution is 2.18. The van der Waals surface area contributed by atoms with Crippen LogP contribution in [0.2, 0.25) is 5.02 Å². The first kappa shape index (κ1) is 14.4. The maximum absolute atomic E-state index is 13.4. The van der Waals surface area contributed by atoms with Crippen LogP contribution in [0.3, 0.4) is 0 Å². The van der Waals surface area contributed by atoms with Gasteiger partial charge in [0.25, 0.3) is 5.91 Å². The van der Waals surface area contributed by atoms with Crippen molar-refractivity contribution in [1.82, 2.24) is 5.32 Å². The van der Waals surface area contributed by atoms with E-state index in [2.05, 4.69) is 5.32 Å². The number of carbonyl (C=O) groups is 2. The second kappa shape index (κ2) is 6.32. The Morgan fingerprint density at radius 2 is 2.11 bits per heavy atom. The zero-order valence-electron chi connectivity index (χ0n) is 9.19. The van der Waals surface area contributed by atoms with Crippen molar-refractivity contribution in [2.24, 2.45) is 0 Å². The van der Waals surface area contributed by atoms with Gasteiger partial charge in [-0.3, -0.25) is 4.79 Å². The minimum atomic E-state index is -1.31. The van der Waals surface area contributed by atoms with E-state index >= 15 is 0 Å². The summed E-state index contributed by atoms with van der Waals surface area (Å²) in [4.78, 5) is 22.5. The lowest BCUT2D eigenvalue weighted by Gasteiger charge is -2.14. The Morgan fingerprint density at radius 1 is 1.44 bits per heavy atom. The van der Waals surface area contributed by atoms with E-state index in [-0.39, 0.29) is 11.4 Å². The molecule has 1 amide bonds. The Labute approximate surface area is 107 Å². The van der Waals surface area contributed by atoms with Crippen molar-refractivity contribution in [1.29, 1.82) is 0 Å². The number of aliphatic carboxylic acids is 1. The first-order chi connectivity index (χ1) is 8.47. The number of carboxylic acid groups (broad SMARTS) is 1. The predicted octanol–water partition coefficient (Wildman–Crippen LogP) is 1.04. The molecule has 3 N–H and O–H groups in total. The van der Waals surface area contributed by atoms with Crippen molar-refractivity contribution >= 4 is 23.5 Å². The largest absolute Gasteiger partial charge is 0.480 e. The topological polar surface area (TPSA) is 86.6 Å². The van der Waals surface area contributed by atoms with Crippen LogP contribution in [-0.2, 0) is 4.79 Å². The number of hydrogen-bond donors (Lipinski definition) is 3. The minimum Gasteiger partial charge on any atom is -0.480 e. The molecule has 1 aromatic carbocycles. The molecule has 0 radical (unpaired) electrons. The van der Waals surface area contributed by atoms with Gasteiger partial charge >= 0.3 is 5.97 Å². The molecule has 7 heteroatoms. The fourth-order valence-corrected chi connectivity index (χ4v) is 1.58. The van der Waals surface area contributed by atoms with Gasteiger partial charge in [-0.25, -0.2) is 9.18 Å². The first-order valence-electron chi connectivity index (χ1n) is 5.06. The van der Waals surface area contributed by atoms with Crippen LogP contribution in [-0.4, -0.2) is 34.7 Å². The van der Waals surface area contributed by atoms with Crippen LogP contribution in [0.25, 0.3) is 0 Å². The molecule has 0 aliphatic heterocycles. The molecule has 0 saturated heterocycles. The second-order valence-corrected chi connectivity index (χ2v) is 3.88. The zero-order chi connectivity index (χ0) is 13.7. The number of nitrogens with one attached hydrogen (secondary N) is 1. The summed E-state index contributed by atoms with van der Waals surface area (Å²) in [5, 5.41) is 19.4. The summed E-state index contributed by atoms with van der Waals surface area (Å²) in [6.07, 6.45) is -0.173. The molecule has 0 heterocycles. The number of aliphatic hydroxyl groups excluding tert-OH is 1. The van der Waals surface area contributed by atoms with Crippen molar-refractivity contribution < 1.29 is 24.2 Å². The number of carbonyl (C=O) groups excluding carboxylic acids is 1. The summed E-state index contributed by atoms with van der Waals surface area (Å²) < 4.78 is 13.4. The Morgan fingerprint density at radius 3 is 2.61 bits per heavy atom. The van der Waals surface area contributed by atoms with E-state index in [0.717, 1.165) is 6.07 Å². The Hall–Kier alpha value is -1.66. The lowest BCUT2D eigenvalue weighted by atomic mass is 10.1. The molecule has 0 aliphatic carbocycles. The van der Waals surface area contributed by atoms with Gasteiger partial charge in [-0.15, -0.1) is 0 Å². The number of aliphatic hydroxyl groups is 1. The van der Waals surface area contributed by atoms with E-state index < -0.39 is 35.9 Å². The molecule has 1 rings (SSSR count). The molecule has 1 aromatic rings. The molecular weight excluding hydrogens is 265 g/mol. The molecule has 5 nitrogen and oxygen atoms in total. The fourth-order valence-electron chi connectivity index (χ4n) is 1.33. The van der Waals surface area contributed by atoms with Gasteiger partial charge in [-0.05, 0) is 12.1 Å². The summed E-state index contributed by atoms with van der Waals surface area (Å²) in [7, 11) is 0. The highest BCUT2D eigenvalue weighted by Gasteiger charge is 2.23. The van der Waals surface area contributed by atoms with Gasteiger partial charge in [0.1, 0.15) is 11.9 Å². The SMILES string of the molecule is O=C(N[C@H](CCO)C(=O)O)c1c(F)cccc1Cl. The van der Waals surface area contributed by atoms with Crippen molar-refractivity contribution in [3.8, 4) is 0 Å². The van der Waals surface area contributed by atoms with Gasteiger partial charge < -0.3 is 15.5 Å². The van der Waals surface area contributed by atoms with E-state index in [0.29, 0.717) is 0 Å². The Bertz CT molecular complexity index is 446. The molecule has 18 heavy (non-hydrogen) atoms. The number of carboxylic acids is 1. The Balaban J connectivity index is 2.90. The van der Waals surface area contributed by atoms with Crippen LogP contribution in [0.1, 0.15) is 16.8 Å². The van der Waals surface area contributed by atoms with Crippen molar-refractivity contribution in [3.63, 3.8) is 0 Å². The van der Waals surface area contributed by atoms with Crippen molar-refractivity contribution in [2.75, 3.05) is 6.61 Å². The maximum atomic E-state index is 13.4. The summed E-state index contributed by atoms with van der Waals surface area (Å²) in [5.41, 5.74) is -0.414. The van der Waals surface area contributed by atoms with Gasteiger partial charge in [0.05, 0.1) is 10.6 Å². The number of rotatable bonds is 5. The standard InChI is InChI=1S/C11H11ClFNO4/c12-6-2-1-3-7(13)9(6)10(16)14-8(4-5-15)11(17)18/h1-3,8,15H,4-5H2,(H,14,16)(H,17,18)/t8-/m1/s1. The molecule has 1 atom stereocenters. The highest BCUT2D eigenvalue weighted by molar-refractivity contribution is 6.33. The fraction of sp³-hybridized carbons (Fsp3) is 0.273. The maximum Gasteiger partial charge on any atom is 0.326 e. The van der Waals surface area contributed by atoms with E-state index in [4.69, 9.17) is 21.8 Å². The van der Waals surface area contributed by atoms with E-state index in [1.165, 1.54) is 12.1 Å². The van der Waals surface area contributed by atoms with Crippen molar-refractivity contribution in [2.45, 2.75) is 12.5 Å². The summed E-state index contributed by atoms with van der Waals surface area (Å²) >= 11 is 5.67. The molecule has 0 aromatic heterocycles. The first-order valence-corrected chi connectivity index (χ1v) is 5.43. The van der Waals surface area contributed by atoms with Crippen LogP contribution in [0.4, 0.5) is 4.39 Å². The van der Waals surface area contributed by atoms with Gasteiger partial charge in [-0.2, -0.15) is 0 Å². The average Bonchev–Trinajstić information content (AvgIpc) is 2.28. The van der Waals surface area contributed by atoms with Gasteiger partial charge in [-0.1, -0.05) is 17.7 Å². The third kappa shape index (κ3) is 3.41. The van der Waals surface area contributed by atoms with Crippen LogP contribution >= 0.6 is 11.6 Å². The van der Waals surface area contributed by atoms with Crippen LogP contribution < -0.4 is 5.32 Å². The third-order valence-corrected chi connectivity index (χ3v) is 2.53. The predicted molar refractivity (Wildman–Crippen MR) is 62.0 cm³/mol. The minimum absolute atomic E-state index is 0.111. The second-order valence-electron chi connectivity index (χ2n) is 3.47. The normalized spacial score (nSPS) is 11.9. The summed E-state index contributed by atoms with van der Waals surface area (Å²) in [6.45, 7) is -0.414. The Kier molecular flexibility index (Phi) is 5.06. The van der Waals surface area contributed by atoms with Crippen LogP contribution in [0.15, 0.2) is 18.2 Å². The molecule has 0 saturated carbocycles. The van der Waals surface area contributed by atoms with Gasteiger partial charge in [0.2, 0.25) is 0 Å². The molecule has 0 unspecified atom stereocenters. The average molecular weight is 276 g/mol. The zero-order valence-corrected chi connectivity index (χ0v) is 9.95. The third-order valence-electron chi connectivity index (χ3n) is 2.21. The molecule has 0 spiro atoms. The molecular formula is C11H11ClFNO4. The number of benzene rings is 1. The lowest BCUT2D eigenvalue weighted by Crippen LogP contribution is -2.41. The van der Waals surface area contributed by atoms with Crippen molar-refractivity contribution in [3.05, 3.63) is 34.6 Å². The number of amides is 1. The highest BCUT2D eigenvalue weighted by atomic mass is 35.5. The van der Waals surface area contributed by atoms with Gasteiger partial charge in [0, 0.05) is 13.0 Å². The van der Waals surface area contributed by atoms with Crippen LogP contribution in [0, 0.1) is 5.82 Å². The summed E-state index contributed by atoms with van der Waals surface area (Å²) in [5.74, 6) is -3.09. The quantitative estimate of drug-likeness (QED) is 0.749. The molecule has 98 valence electrons. The monoisotopic (exact) mass is 275 g/mol. The number of hydrogen-bond acceptors (Lipinski definition) is 3. The lowest BCUT2D eigenvalue weighted by molar-refractivity contribution is -0.139. The summed E-state index contributed by atoms with van der Waals surface area (Å²) in [6, 6.07) is 2.40.